The van der Waals surface area contributed by atoms with Crippen molar-refractivity contribution in [3.63, 3.8) is 0 Å². The minimum absolute atomic E-state index is 0.0875. The van der Waals surface area contributed by atoms with E-state index in [0.717, 1.165) is 26.0 Å². The highest BCUT2D eigenvalue weighted by molar-refractivity contribution is 5.89. The van der Waals surface area contributed by atoms with Crippen molar-refractivity contribution in [2.75, 3.05) is 27.2 Å². The third-order valence-electron chi connectivity index (χ3n) is 4.91. The Labute approximate surface area is 174 Å². The Balaban J connectivity index is 0.000000447. The lowest BCUT2D eigenvalue weighted by Crippen LogP contribution is -2.35. The first-order valence-corrected chi connectivity index (χ1v) is 10.3. The zero-order chi connectivity index (χ0) is 21.5. The molecule has 1 aliphatic rings. The van der Waals surface area contributed by atoms with Crippen molar-refractivity contribution in [2.45, 2.75) is 57.0 Å². The molecule has 0 unspecified atom stereocenters. The van der Waals surface area contributed by atoms with Crippen molar-refractivity contribution < 1.29 is 24.5 Å². The SMILES string of the molecule is CN(C)CCCOC1(Cc2ccccc2)CCCCCC1.O=C(O)/C=C/C(=O)O. The van der Waals surface area contributed by atoms with Gasteiger partial charge in [0.15, 0.2) is 0 Å². The summed E-state index contributed by atoms with van der Waals surface area (Å²) in [5.74, 6) is -2.51. The van der Waals surface area contributed by atoms with Crippen LogP contribution in [-0.4, -0.2) is 59.9 Å². The van der Waals surface area contributed by atoms with Gasteiger partial charge in [-0.15, -0.1) is 0 Å². The van der Waals surface area contributed by atoms with Crippen molar-refractivity contribution in [2.24, 2.45) is 0 Å². The fourth-order valence-corrected chi connectivity index (χ4v) is 3.52. The van der Waals surface area contributed by atoms with E-state index in [4.69, 9.17) is 14.9 Å². The van der Waals surface area contributed by atoms with E-state index in [1.807, 2.05) is 0 Å². The van der Waals surface area contributed by atoms with Crippen LogP contribution in [0.1, 0.15) is 50.5 Å². The van der Waals surface area contributed by atoms with E-state index < -0.39 is 11.9 Å². The monoisotopic (exact) mass is 405 g/mol. The summed E-state index contributed by atoms with van der Waals surface area (Å²) in [5.41, 5.74) is 1.51. The van der Waals surface area contributed by atoms with E-state index >= 15 is 0 Å². The van der Waals surface area contributed by atoms with E-state index in [2.05, 4.69) is 49.3 Å². The van der Waals surface area contributed by atoms with Crippen LogP contribution in [0.25, 0.3) is 0 Å². The van der Waals surface area contributed by atoms with Gasteiger partial charge in [-0.3, -0.25) is 0 Å². The van der Waals surface area contributed by atoms with Crippen molar-refractivity contribution >= 4 is 11.9 Å². The Kier molecular flexibility index (Phi) is 11.9. The molecule has 2 N–H and O–H groups in total. The number of carboxylic acids is 2. The van der Waals surface area contributed by atoms with Crippen molar-refractivity contribution in [3.8, 4) is 0 Å². The first-order chi connectivity index (χ1) is 13.8. The number of benzene rings is 1. The number of hydrogen-bond donors (Lipinski definition) is 2. The Morgan fingerprint density at radius 1 is 1.00 bits per heavy atom. The summed E-state index contributed by atoms with van der Waals surface area (Å²) in [6, 6.07) is 10.9. The number of hydrogen-bond acceptors (Lipinski definition) is 4. The van der Waals surface area contributed by atoms with Crippen LogP contribution in [0, 0.1) is 0 Å². The molecule has 6 nitrogen and oxygen atoms in total. The fourth-order valence-electron chi connectivity index (χ4n) is 3.52. The standard InChI is InChI=1S/C19H31NO.C4H4O4/c1-20(2)15-10-16-21-19(13-8-3-4-9-14-19)17-18-11-6-5-7-12-18;5-3(6)1-2-4(7)8/h5-7,11-12H,3-4,8-10,13-17H2,1-2H3;1-2H,(H,5,6)(H,7,8)/b;2-1+. The first-order valence-electron chi connectivity index (χ1n) is 10.3. The van der Waals surface area contributed by atoms with Gasteiger partial charge < -0.3 is 19.8 Å². The van der Waals surface area contributed by atoms with Crippen LogP contribution < -0.4 is 0 Å². The third-order valence-corrected chi connectivity index (χ3v) is 4.91. The van der Waals surface area contributed by atoms with Crippen LogP contribution in [0.4, 0.5) is 0 Å². The molecule has 0 amide bonds. The fraction of sp³-hybridized carbons (Fsp3) is 0.565. The minimum Gasteiger partial charge on any atom is -0.478 e. The number of aliphatic carboxylic acids is 2. The average Bonchev–Trinajstić information content (AvgIpc) is 2.91. The molecule has 0 aliphatic heterocycles. The predicted molar refractivity (Wildman–Crippen MR) is 114 cm³/mol. The highest BCUT2D eigenvalue weighted by Gasteiger charge is 2.31. The summed E-state index contributed by atoms with van der Waals surface area (Å²) in [7, 11) is 4.26. The predicted octanol–water partition coefficient (Wildman–Crippen LogP) is 4.00. The molecule has 0 spiro atoms. The quantitative estimate of drug-likeness (QED) is 0.367. The molecule has 1 aromatic carbocycles. The molecule has 1 saturated carbocycles. The molecule has 162 valence electrons. The second-order valence-corrected chi connectivity index (χ2v) is 7.77. The zero-order valence-electron chi connectivity index (χ0n) is 17.7. The van der Waals surface area contributed by atoms with Gasteiger partial charge in [-0.05, 0) is 45.5 Å². The molecule has 0 heterocycles. The van der Waals surface area contributed by atoms with Gasteiger partial charge in [0.2, 0.25) is 0 Å². The van der Waals surface area contributed by atoms with Crippen LogP contribution in [0.2, 0.25) is 0 Å². The molecule has 1 fully saturated rings. The Morgan fingerprint density at radius 3 is 2.03 bits per heavy atom. The third kappa shape index (κ3) is 12.1. The topological polar surface area (TPSA) is 87.1 Å². The molecular formula is C23H35NO5. The van der Waals surface area contributed by atoms with Crippen LogP contribution >= 0.6 is 0 Å². The number of nitrogens with zero attached hydrogens (tertiary/aromatic N) is 1. The smallest absolute Gasteiger partial charge is 0.328 e. The van der Waals surface area contributed by atoms with Crippen LogP contribution in [0.3, 0.4) is 0 Å². The molecule has 1 aromatic rings. The van der Waals surface area contributed by atoms with Crippen molar-refractivity contribution in [1.82, 2.24) is 4.90 Å². The maximum absolute atomic E-state index is 9.55. The molecule has 0 saturated heterocycles. The first kappa shape index (κ1) is 24.9. The van der Waals surface area contributed by atoms with Crippen LogP contribution in [-0.2, 0) is 20.7 Å². The van der Waals surface area contributed by atoms with E-state index in [9.17, 15) is 9.59 Å². The molecule has 0 radical (unpaired) electrons. The van der Waals surface area contributed by atoms with E-state index in [1.165, 1.54) is 44.1 Å². The number of carboxylic acid groups (broad SMARTS) is 2. The van der Waals surface area contributed by atoms with Gasteiger partial charge in [0, 0.05) is 25.2 Å². The van der Waals surface area contributed by atoms with Crippen LogP contribution in [0.15, 0.2) is 42.5 Å². The van der Waals surface area contributed by atoms with Gasteiger partial charge in [0.05, 0.1) is 5.60 Å². The number of carbonyl (C=O) groups is 2. The Morgan fingerprint density at radius 2 is 1.55 bits per heavy atom. The van der Waals surface area contributed by atoms with E-state index in [0.29, 0.717) is 12.2 Å². The van der Waals surface area contributed by atoms with Gasteiger partial charge >= 0.3 is 11.9 Å². The second-order valence-electron chi connectivity index (χ2n) is 7.77. The van der Waals surface area contributed by atoms with Gasteiger partial charge in [-0.1, -0.05) is 56.0 Å². The summed E-state index contributed by atoms with van der Waals surface area (Å²) >= 11 is 0. The molecular weight excluding hydrogens is 370 g/mol. The van der Waals surface area contributed by atoms with Gasteiger partial charge in [0.1, 0.15) is 0 Å². The zero-order valence-corrected chi connectivity index (χ0v) is 17.7. The van der Waals surface area contributed by atoms with E-state index in [1.54, 1.807) is 0 Å². The summed E-state index contributed by atoms with van der Waals surface area (Å²) in [6.07, 6.45) is 11.2. The normalized spacial score (nSPS) is 16.1. The number of ether oxygens (including phenoxy) is 1. The van der Waals surface area contributed by atoms with Crippen molar-refractivity contribution in [3.05, 3.63) is 48.0 Å². The average molecular weight is 406 g/mol. The van der Waals surface area contributed by atoms with Crippen LogP contribution in [0.5, 0.6) is 0 Å². The van der Waals surface area contributed by atoms with Crippen molar-refractivity contribution in [1.29, 1.82) is 0 Å². The number of rotatable bonds is 9. The van der Waals surface area contributed by atoms with Gasteiger partial charge in [0.25, 0.3) is 0 Å². The van der Waals surface area contributed by atoms with E-state index in [-0.39, 0.29) is 5.60 Å². The lowest BCUT2D eigenvalue weighted by molar-refractivity contribution is -0.134. The maximum atomic E-state index is 9.55. The molecule has 0 aromatic heterocycles. The highest BCUT2D eigenvalue weighted by Crippen LogP contribution is 2.33. The Hall–Kier alpha value is -2.18. The molecule has 29 heavy (non-hydrogen) atoms. The molecule has 0 atom stereocenters. The summed E-state index contributed by atoms with van der Waals surface area (Å²) in [6.45, 7) is 2.01. The molecule has 6 heteroatoms. The molecule has 2 rings (SSSR count). The lowest BCUT2D eigenvalue weighted by Gasteiger charge is -2.33. The highest BCUT2D eigenvalue weighted by atomic mass is 16.5. The Bertz CT molecular complexity index is 603. The van der Waals surface area contributed by atoms with Gasteiger partial charge in [-0.2, -0.15) is 0 Å². The summed E-state index contributed by atoms with van der Waals surface area (Å²) in [4.78, 5) is 21.3. The largest absolute Gasteiger partial charge is 0.478 e. The summed E-state index contributed by atoms with van der Waals surface area (Å²) in [5, 5.41) is 15.6. The lowest BCUT2D eigenvalue weighted by atomic mass is 9.87. The molecule has 1 aliphatic carbocycles. The second kappa shape index (κ2) is 13.9. The summed E-state index contributed by atoms with van der Waals surface area (Å²) < 4.78 is 6.48. The minimum atomic E-state index is -1.26. The molecule has 0 bridgehead atoms. The maximum Gasteiger partial charge on any atom is 0.328 e. The van der Waals surface area contributed by atoms with Gasteiger partial charge in [-0.25, -0.2) is 9.59 Å².